The summed E-state index contributed by atoms with van der Waals surface area (Å²) in [5.74, 6) is -78.0. The minimum Gasteiger partial charge on any atom is -0.481 e. The number of aliphatic hydroxyl groups excluding tert-OH is 1. The first-order valence-corrected chi connectivity index (χ1v) is 16.9. The Morgan fingerprint density at radius 3 is 1.09 bits per heavy atom. The number of hydrogen-bond donors (Lipinski definition) is 2. The second-order valence-electron chi connectivity index (χ2n) is 12.7. The fourth-order valence-corrected chi connectivity index (χ4v) is 3.92. The minimum atomic E-state index is -7.99. The van der Waals surface area contributed by atoms with Crippen LogP contribution in [0.15, 0.2) is 0 Å². The van der Waals surface area contributed by atoms with Crippen molar-refractivity contribution in [3.8, 4) is 0 Å². The lowest BCUT2D eigenvalue weighted by atomic mass is 9.93. The van der Waals surface area contributed by atoms with Crippen molar-refractivity contribution < 1.29 is 158 Å². The number of esters is 3. The number of aliphatic carboxylic acids is 1. The van der Waals surface area contributed by atoms with Gasteiger partial charge >= 0.3 is 95.5 Å². The maximum atomic E-state index is 13.4. The number of halogens is 26. The standard InChI is InChI=1S/C13H11F13O4.C8H5F13O.C5H6O3.C4H8O/c14-8(15,4-5-30-7(29)3-1-2-6(27)28)9(16,17)10(18,19)11(20,21)12(22,23)13(24,25)26;9-3(10,1-2-22)4(11,12)5(13,14)6(15,16)7(17,18)8(19,20)21;6-4-2-1-3-5(7)8-4;1-2-4-5-3-1/h1-5H2,(H,27,28);22H,1-2H2;1-3H2;1-4H2. The van der Waals surface area contributed by atoms with Crippen LogP contribution in [0.2, 0.25) is 0 Å². The van der Waals surface area contributed by atoms with E-state index in [1.54, 1.807) is 0 Å². The van der Waals surface area contributed by atoms with E-state index in [-0.39, 0.29) is 11.9 Å². The van der Waals surface area contributed by atoms with Gasteiger partial charge in [0.15, 0.2) is 0 Å². The third kappa shape index (κ3) is 14.6. The van der Waals surface area contributed by atoms with E-state index in [0.717, 1.165) is 13.2 Å². The molecule has 2 aliphatic heterocycles. The molecule has 0 aromatic heterocycles. The number of carboxylic acids is 1. The average molecular weight is 1030 g/mol. The molecule has 2 rings (SSSR count). The van der Waals surface area contributed by atoms with Crippen LogP contribution in [-0.4, -0.2) is 132 Å². The molecule has 0 spiro atoms. The monoisotopic (exact) mass is 1030 g/mol. The van der Waals surface area contributed by atoms with Gasteiger partial charge in [0.1, 0.15) is 0 Å². The number of alkyl halides is 26. The summed E-state index contributed by atoms with van der Waals surface area (Å²) in [4.78, 5) is 41.6. The van der Waals surface area contributed by atoms with E-state index in [9.17, 15) is 133 Å². The van der Waals surface area contributed by atoms with Crippen LogP contribution in [-0.2, 0) is 33.4 Å². The highest BCUT2D eigenvalue weighted by molar-refractivity contribution is 5.87. The zero-order valence-electron chi connectivity index (χ0n) is 31.5. The van der Waals surface area contributed by atoms with Crippen molar-refractivity contribution in [3.05, 3.63) is 0 Å². The van der Waals surface area contributed by atoms with Crippen LogP contribution in [0.25, 0.3) is 0 Å². The molecule has 2 saturated heterocycles. The van der Waals surface area contributed by atoms with Crippen molar-refractivity contribution in [3.63, 3.8) is 0 Å². The number of aliphatic hydroxyl groups is 1. The van der Waals surface area contributed by atoms with E-state index < -0.39 is 129 Å². The maximum Gasteiger partial charge on any atom is 0.460 e. The van der Waals surface area contributed by atoms with Crippen LogP contribution >= 0.6 is 0 Å². The first-order valence-electron chi connectivity index (χ1n) is 16.9. The molecular weight excluding hydrogens is 998 g/mol. The van der Waals surface area contributed by atoms with Crippen LogP contribution in [0.5, 0.6) is 0 Å². The van der Waals surface area contributed by atoms with Crippen LogP contribution in [0.4, 0.5) is 114 Å². The largest absolute Gasteiger partial charge is 0.481 e. The summed E-state index contributed by atoms with van der Waals surface area (Å²) in [5, 5.41) is 16.2. The van der Waals surface area contributed by atoms with E-state index in [1.807, 2.05) is 0 Å². The number of carbonyl (C=O) groups is 4. The lowest BCUT2D eigenvalue weighted by Crippen LogP contribution is -2.70. The molecule has 35 heteroatoms. The van der Waals surface area contributed by atoms with Gasteiger partial charge in [-0.15, -0.1) is 0 Å². The highest BCUT2D eigenvalue weighted by atomic mass is 19.4. The lowest BCUT2D eigenvalue weighted by molar-refractivity contribution is -0.440. The quantitative estimate of drug-likeness (QED) is 0.0829. The van der Waals surface area contributed by atoms with E-state index in [0.29, 0.717) is 19.3 Å². The van der Waals surface area contributed by atoms with Gasteiger partial charge in [-0.2, -0.15) is 114 Å². The van der Waals surface area contributed by atoms with E-state index in [1.165, 1.54) is 12.8 Å². The molecule has 2 heterocycles. The molecule has 0 aromatic carbocycles. The molecule has 0 amide bonds. The Morgan fingerprint density at radius 1 is 0.492 bits per heavy atom. The van der Waals surface area contributed by atoms with Gasteiger partial charge in [0, 0.05) is 51.9 Å². The molecule has 0 unspecified atom stereocenters. The summed E-state index contributed by atoms with van der Waals surface area (Å²) in [6.07, 6.45) is -17.9. The summed E-state index contributed by atoms with van der Waals surface area (Å²) in [6.45, 7) is -1.81. The lowest BCUT2D eigenvalue weighted by Gasteiger charge is -2.39. The van der Waals surface area contributed by atoms with Crippen LogP contribution in [0.1, 0.15) is 64.2 Å². The number of rotatable bonds is 17. The fraction of sp³-hybridized carbons (Fsp3) is 0.867. The number of carboxylic acid groups (broad SMARTS) is 1. The molecule has 0 bridgehead atoms. The van der Waals surface area contributed by atoms with E-state index in [2.05, 4.69) is 9.47 Å². The number of hydrogen-bond acceptors (Lipinski definition) is 8. The number of cyclic esters (lactones) is 2. The summed E-state index contributed by atoms with van der Waals surface area (Å²) in [7, 11) is 0. The van der Waals surface area contributed by atoms with Gasteiger partial charge in [-0.3, -0.25) is 19.2 Å². The predicted molar refractivity (Wildman–Crippen MR) is 155 cm³/mol. The minimum absolute atomic E-state index is 0.388. The third-order valence-corrected chi connectivity index (χ3v) is 7.69. The number of ether oxygens (including phenoxy) is 3. The second-order valence-corrected chi connectivity index (χ2v) is 12.7. The normalized spacial score (nSPS) is 16.5. The number of carbonyl (C=O) groups excluding carboxylic acids is 3. The van der Waals surface area contributed by atoms with Gasteiger partial charge in [-0.1, -0.05) is 0 Å². The molecule has 0 radical (unpaired) electrons. The topological polar surface area (TPSA) is 136 Å². The SMILES string of the molecule is C1CCOC1.O=C(O)CCCC(=O)OCCC(F)(F)C(F)(F)C(F)(F)C(F)(F)C(F)(F)C(F)(F)F.O=C1CCCC(=O)O1.OCCC(F)(F)C(F)(F)C(F)(F)C(F)(F)C(F)(F)C(F)(F)F. The maximum absolute atomic E-state index is 13.4. The Morgan fingerprint density at radius 2 is 0.831 bits per heavy atom. The summed E-state index contributed by atoms with van der Waals surface area (Å²) in [6, 6.07) is 0. The second kappa shape index (κ2) is 22.3. The molecule has 2 aliphatic rings. The van der Waals surface area contributed by atoms with Gasteiger partial charge in [-0.05, 0) is 25.7 Å². The third-order valence-electron chi connectivity index (χ3n) is 7.69. The van der Waals surface area contributed by atoms with Crippen molar-refractivity contribution in [1.82, 2.24) is 0 Å². The molecule has 2 fully saturated rings. The Labute approximate surface area is 344 Å². The molecule has 0 aliphatic carbocycles. The van der Waals surface area contributed by atoms with E-state index >= 15 is 0 Å². The predicted octanol–water partition coefficient (Wildman–Crippen LogP) is 10.1. The van der Waals surface area contributed by atoms with Gasteiger partial charge in [0.2, 0.25) is 0 Å². The van der Waals surface area contributed by atoms with Crippen LogP contribution in [0, 0.1) is 0 Å². The summed E-state index contributed by atoms with van der Waals surface area (Å²) in [5.41, 5.74) is 0. The zero-order valence-corrected chi connectivity index (χ0v) is 31.5. The highest BCUT2D eigenvalue weighted by Crippen LogP contribution is 2.62. The van der Waals surface area contributed by atoms with Crippen molar-refractivity contribution in [2.45, 2.75) is 136 Å². The Kier molecular flexibility index (Phi) is 21.7. The molecule has 0 saturated carbocycles. The molecule has 386 valence electrons. The fourth-order valence-electron chi connectivity index (χ4n) is 3.92. The molecule has 0 atom stereocenters. The Hall–Kier alpha value is -3.82. The molecule has 9 nitrogen and oxygen atoms in total. The Balaban J connectivity index is 0. The zero-order chi connectivity index (χ0) is 52.3. The molecule has 2 N–H and O–H groups in total. The smallest absolute Gasteiger partial charge is 0.460 e. The first kappa shape index (κ1) is 63.3. The molecule has 0 aromatic rings. The van der Waals surface area contributed by atoms with Crippen molar-refractivity contribution in [2.75, 3.05) is 26.4 Å². The first-order chi connectivity index (χ1) is 28.7. The molecular formula is C30H30F26O9. The van der Waals surface area contributed by atoms with E-state index in [4.69, 9.17) is 14.9 Å². The van der Waals surface area contributed by atoms with Crippen LogP contribution in [0.3, 0.4) is 0 Å². The summed E-state index contributed by atoms with van der Waals surface area (Å²) >= 11 is 0. The van der Waals surface area contributed by atoms with Crippen LogP contribution < -0.4 is 0 Å². The molecule has 65 heavy (non-hydrogen) atoms. The van der Waals surface area contributed by atoms with Crippen molar-refractivity contribution in [2.24, 2.45) is 0 Å². The Bertz CT molecular complexity index is 1530. The average Bonchev–Trinajstić information content (AvgIpc) is 3.71. The van der Waals surface area contributed by atoms with Gasteiger partial charge in [-0.25, -0.2) is 0 Å². The highest BCUT2D eigenvalue weighted by Gasteiger charge is 2.92. The van der Waals surface area contributed by atoms with Gasteiger partial charge in [0.25, 0.3) is 0 Å². The van der Waals surface area contributed by atoms with Gasteiger partial charge < -0.3 is 24.4 Å². The van der Waals surface area contributed by atoms with Gasteiger partial charge in [0.05, 0.1) is 13.0 Å². The van der Waals surface area contributed by atoms with Crippen molar-refractivity contribution >= 4 is 23.9 Å². The van der Waals surface area contributed by atoms with Crippen molar-refractivity contribution in [1.29, 1.82) is 0 Å². The summed E-state index contributed by atoms with van der Waals surface area (Å²) < 4.78 is 341.